The number of nitrogens with one attached hydrogen (secondary N) is 1. The number of hydrogen-bond acceptors (Lipinski definition) is 6. The minimum absolute atomic E-state index is 0.218. The van der Waals surface area contributed by atoms with Gasteiger partial charge in [-0.1, -0.05) is 18.2 Å². The first kappa shape index (κ1) is 21.6. The van der Waals surface area contributed by atoms with E-state index in [2.05, 4.69) is 4.98 Å². The Kier molecular flexibility index (Phi) is 5.93. The summed E-state index contributed by atoms with van der Waals surface area (Å²) in [6.07, 6.45) is 2.07. The van der Waals surface area contributed by atoms with Crippen LogP contribution in [-0.4, -0.2) is 61.5 Å². The molecular weight excluding hydrogens is 394 g/mol. The molecule has 1 fully saturated rings. The molecule has 0 bridgehead atoms. The number of carbonyl (C=O) groups excluding carboxylic acids is 1. The third-order valence-electron chi connectivity index (χ3n) is 5.01. The molecule has 8 nitrogen and oxygen atoms in total. The summed E-state index contributed by atoms with van der Waals surface area (Å²) in [6, 6.07) is 7.22. The predicted octanol–water partition coefficient (Wildman–Crippen LogP) is 2.56. The van der Waals surface area contributed by atoms with Crippen molar-refractivity contribution in [2.45, 2.75) is 50.9 Å². The Morgan fingerprint density at radius 2 is 2.03 bits per heavy atom. The Hall–Kier alpha value is -2.10. The molecule has 3 rings (SSSR count). The number of H-pyrrole nitrogens is 1. The van der Waals surface area contributed by atoms with Crippen LogP contribution in [0.3, 0.4) is 0 Å². The fraction of sp³-hybridized carbons (Fsp3) is 0.550. The Morgan fingerprint density at radius 3 is 2.66 bits per heavy atom. The van der Waals surface area contributed by atoms with Crippen molar-refractivity contribution < 1.29 is 22.1 Å². The molecule has 1 aromatic carbocycles. The van der Waals surface area contributed by atoms with E-state index in [-0.39, 0.29) is 12.5 Å². The number of hydrogen-bond donors (Lipinski definition) is 2. The largest absolute Gasteiger partial charge is 0.444 e. The van der Waals surface area contributed by atoms with E-state index in [1.54, 1.807) is 25.7 Å². The molecule has 9 heteroatoms. The summed E-state index contributed by atoms with van der Waals surface area (Å²) in [5, 5.41) is 0.983. The standard InChI is InChI=1S/C20H29N3O5S/c1-20(2,3)27-19(24)23-10-9-17(28-29(4,25)26)18(23)14(11-21)15-12-22-16-8-6-5-7-13(15)16/h5-8,12,14,17-18,22H,9-11,21H2,1-4H3/t14?,17-,18+/m0/s1. The highest BCUT2D eigenvalue weighted by atomic mass is 32.2. The lowest BCUT2D eigenvalue weighted by Gasteiger charge is -2.34. The molecule has 0 radical (unpaired) electrons. The number of amides is 1. The molecule has 1 saturated heterocycles. The van der Waals surface area contributed by atoms with Crippen molar-refractivity contribution in [2.75, 3.05) is 19.3 Å². The van der Waals surface area contributed by atoms with Gasteiger partial charge in [0, 0.05) is 36.1 Å². The molecule has 29 heavy (non-hydrogen) atoms. The maximum atomic E-state index is 12.9. The number of ether oxygens (including phenoxy) is 1. The molecule has 3 atom stereocenters. The van der Waals surface area contributed by atoms with Crippen molar-refractivity contribution in [2.24, 2.45) is 5.73 Å². The highest BCUT2D eigenvalue weighted by molar-refractivity contribution is 7.86. The van der Waals surface area contributed by atoms with Gasteiger partial charge in [0.15, 0.2) is 0 Å². The van der Waals surface area contributed by atoms with E-state index in [4.69, 9.17) is 14.7 Å². The first-order chi connectivity index (χ1) is 13.5. The van der Waals surface area contributed by atoms with Crippen LogP contribution in [0.25, 0.3) is 10.9 Å². The number of aromatic nitrogens is 1. The predicted molar refractivity (Wildman–Crippen MR) is 111 cm³/mol. The molecule has 160 valence electrons. The molecule has 1 aromatic heterocycles. The van der Waals surface area contributed by atoms with Gasteiger partial charge in [-0.2, -0.15) is 8.42 Å². The van der Waals surface area contributed by atoms with Gasteiger partial charge in [-0.15, -0.1) is 0 Å². The summed E-state index contributed by atoms with van der Waals surface area (Å²) in [6.45, 7) is 5.93. The zero-order valence-electron chi connectivity index (χ0n) is 17.2. The van der Waals surface area contributed by atoms with Crippen LogP contribution in [0, 0.1) is 0 Å². The lowest BCUT2D eigenvalue weighted by atomic mass is 9.88. The molecule has 0 aliphatic carbocycles. The Balaban J connectivity index is 2.02. The van der Waals surface area contributed by atoms with Crippen molar-refractivity contribution in [1.82, 2.24) is 9.88 Å². The molecule has 2 aromatic rings. The number of benzene rings is 1. The molecular formula is C20H29N3O5S. The third-order valence-corrected chi connectivity index (χ3v) is 5.61. The third kappa shape index (κ3) is 4.91. The second-order valence-electron chi connectivity index (χ2n) is 8.42. The lowest BCUT2D eigenvalue weighted by Crippen LogP contribution is -2.48. The normalized spacial score (nSPS) is 21.5. The first-order valence-corrected chi connectivity index (χ1v) is 11.5. The van der Waals surface area contributed by atoms with Crippen LogP contribution in [0.5, 0.6) is 0 Å². The minimum Gasteiger partial charge on any atom is -0.444 e. The van der Waals surface area contributed by atoms with Gasteiger partial charge in [-0.05, 0) is 38.8 Å². The van der Waals surface area contributed by atoms with Gasteiger partial charge < -0.3 is 20.4 Å². The second kappa shape index (κ2) is 7.97. The highest BCUT2D eigenvalue weighted by Gasteiger charge is 2.46. The number of aromatic amines is 1. The van der Waals surface area contributed by atoms with Crippen LogP contribution in [0.2, 0.25) is 0 Å². The number of para-hydroxylation sites is 1. The van der Waals surface area contributed by atoms with E-state index < -0.39 is 34.0 Å². The fourth-order valence-electron chi connectivity index (χ4n) is 3.98. The number of carbonyl (C=O) groups is 1. The Morgan fingerprint density at radius 1 is 1.34 bits per heavy atom. The van der Waals surface area contributed by atoms with Crippen LogP contribution in [0.15, 0.2) is 30.5 Å². The summed E-state index contributed by atoms with van der Waals surface area (Å²) in [7, 11) is -3.71. The van der Waals surface area contributed by atoms with Gasteiger partial charge in [0.2, 0.25) is 0 Å². The van der Waals surface area contributed by atoms with E-state index in [9.17, 15) is 13.2 Å². The first-order valence-electron chi connectivity index (χ1n) is 9.64. The zero-order valence-corrected chi connectivity index (χ0v) is 18.0. The molecule has 0 saturated carbocycles. The Bertz CT molecular complexity index is 979. The van der Waals surface area contributed by atoms with Crippen molar-refractivity contribution in [3.05, 3.63) is 36.0 Å². The summed E-state index contributed by atoms with van der Waals surface area (Å²) in [4.78, 5) is 17.7. The van der Waals surface area contributed by atoms with Crippen LogP contribution < -0.4 is 5.73 Å². The highest BCUT2D eigenvalue weighted by Crippen LogP contribution is 2.37. The van der Waals surface area contributed by atoms with E-state index in [0.29, 0.717) is 13.0 Å². The van der Waals surface area contributed by atoms with Crippen LogP contribution in [0.4, 0.5) is 4.79 Å². The number of likely N-dealkylation sites (tertiary alicyclic amines) is 1. The number of rotatable bonds is 5. The molecule has 1 aliphatic heterocycles. The number of fused-ring (bicyclic) bond motifs is 1. The van der Waals surface area contributed by atoms with Gasteiger partial charge in [-0.3, -0.25) is 4.18 Å². The fourth-order valence-corrected chi connectivity index (χ4v) is 4.64. The smallest absolute Gasteiger partial charge is 0.410 e. The van der Waals surface area contributed by atoms with Crippen molar-refractivity contribution in [1.29, 1.82) is 0 Å². The van der Waals surface area contributed by atoms with Crippen LogP contribution >= 0.6 is 0 Å². The quantitative estimate of drug-likeness (QED) is 0.714. The van der Waals surface area contributed by atoms with E-state index in [0.717, 1.165) is 22.7 Å². The summed E-state index contributed by atoms with van der Waals surface area (Å²) in [5.74, 6) is -0.326. The van der Waals surface area contributed by atoms with Gasteiger partial charge in [-0.25, -0.2) is 4.79 Å². The molecule has 0 spiro atoms. The van der Waals surface area contributed by atoms with E-state index >= 15 is 0 Å². The molecule has 2 heterocycles. The average molecular weight is 424 g/mol. The summed E-state index contributed by atoms with van der Waals surface area (Å²) in [5.41, 5.74) is 7.35. The molecule has 1 amide bonds. The van der Waals surface area contributed by atoms with Crippen LogP contribution in [0.1, 0.15) is 38.7 Å². The SMILES string of the molecule is CC(C)(C)OC(=O)N1CC[C@H](OS(C)(=O)=O)[C@H]1C(CN)c1c[nH]c2ccccc12. The Labute approximate surface area is 171 Å². The van der Waals surface area contributed by atoms with Crippen LogP contribution in [-0.2, 0) is 19.0 Å². The lowest BCUT2D eigenvalue weighted by molar-refractivity contribution is 0.0145. The van der Waals surface area contributed by atoms with Gasteiger partial charge in [0.25, 0.3) is 10.1 Å². The maximum Gasteiger partial charge on any atom is 0.410 e. The second-order valence-corrected chi connectivity index (χ2v) is 10.0. The molecule has 1 aliphatic rings. The van der Waals surface area contributed by atoms with Crippen molar-refractivity contribution in [3.63, 3.8) is 0 Å². The van der Waals surface area contributed by atoms with Gasteiger partial charge >= 0.3 is 6.09 Å². The van der Waals surface area contributed by atoms with Gasteiger partial charge in [0.1, 0.15) is 5.60 Å². The minimum atomic E-state index is -3.71. The average Bonchev–Trinajstić information content (AvgIpc) is 3.18. The zero-order chi connectivity index (χ0) is 21.4. The topological polar surface area (TPSA) is 115 Å². The number of nitrogens with two attached hydrogens (primary N) is 1. The van der Waals surface area contributed by atoms with E-state index in [1.807, 2.05) is 30.5 Å². The van der Waals surface area contributed by atoms with Gasteiger partial charge in [0.05, 0.1) is 18.4 Å². The summed E-state index contributed by atoms with van der Waals surface area (Å²) < 4.78 is 34.6. The van der Waals surface area contributed by atoms with Crippen molar-refractivity contribution >= 4 is 27.1 Å². The number of nitrogens with zero attached hydrogens (tertiary/aromatic N) is 1. The van der Waals surface area contributed by atoms with Crippen molar-refractivity contribution in [3.8, 4) is 0 Å². The monoisotopic (exact) mass is 423 g/mol. The molecule has 3 N–H and O–H groups in total. The van der Waals surface area contributed by atoms with E-state index in [1.165, 1.54) is 0 Å². The summed E-state index contributed by atoms with van der Waals surface area (Å²) >= 11 is 0. The maximum absolute atomic E-state index is 12.9. The molecule has 1 unspecified atom stereocenters.